The molecule has 3 aromatic rings. The van der Waals surface area contributed by atoms with Gasteiger partial charge in [0.1, 0.15) is 23.4 Å². The summed E-state index contributed by atoms with van der Waals surface area (Å²) in [6, 6.07) is 4.74. The first kappa shape index (κ1) is 28.6. The molecule has 9 nitrogen and oxygen atoms in total. The molecule has 1 atom stereocenters. The predicted octanol–water partition coefficient (Wildman–Crippen LogP) is 6.10. The molecule has 3 heterocycles. The molecule has 0 saturated heterocycles. The third kappa shape index (κ3) is 7.78. The number of aryl methyl sites for hydroxylation is 1. The first-order valence-corrected chi connectivity index (χ1v) is 13.1. The first-order chi connectivity index (χ1) is 17.2. The highest BCUT2D eigenvalue weighted by molar-refractivity contribution is 7.09. The number of alkyl carbamates (subject to hydrolysis) is 1. The maximum absolute atomic E-state index is 13.9. The van der Waals surface area contributed by atoms with Crippen LogP contribution in [-0.2, 0) is 22.4 Å². The normalized spacial score (nSPS) is 12.9. The summed E-state index contributed by atoms with van der Waals surface area (Å²) in [6.07, 6.45) is -1.13. The molecule has 0 saturated carbocycles. The number of alkyl halides is 1. The smallest absolute Gasteiger partial charge is 0.416 e. The number of rotatable bonds is 7. The number of thiophene rings is 1. The molecule has 0 bridgehead atoms. The number of fused-ring (bicyclic) bond motifs is 1. The number of amides is 2. The van der Waals surface area contributed by atoms with Crippen molar-refractivity contribution in [3.8, 4) is 0 Å². The minimum absolute atomic E-state index is 0.0681. The van der Waals surface area contributed by atoms with Crippen molar-refractivity contribution in [3.63, 3.8) is 0 Å². The van der Waals surface area contributed by atoms with Gasteiger partial charge in [-0.25, -0.2) is 18.5 Å². The number of halogens is 2. The Morgan fingerprint density at radius 2 is 1.89 bits per heavy atom. The standard InChI is InChI=1S/C25H33ClFN5O4S/c1-15-16(11-17(13-27)28-22(33)35-24(2,3)4)12-19-20(29-21(26)30-32(15)19)31(14-18-9-8-10-37-18)23(34)36-25(5,6)7/h8-10,12,17H,11,13-14H2,1-7H3,(H,28,33)/t17-/m1/s1. The second-order valence-electron chi connectivity index (χ2n) is 10.6. The van der Waals surface area contributed by atoms with Gasteiger partial charge in [-0.2, -0.15) is 4.98 Å². The number of nitrogens with one attached hydrogen (secondary N) is 1. The van der Waals surface area contributed by atoms with E-state index in [-0.39, 0.29) is 24.1 Å². The molecule has 0 aliphatic carbocycles. The predicted molar refractivity (Wildman–Crippen MR) is 142 cm³/mol. The molecule has 0 fully saturated rings. The van der Waals surface area contributed by atoms with E-state index < -0.39 is 36.1 Å². The Hall–Kier alpha value is -2.92. The van der Waals surface area contributed by atoms with Crippen LogP contribution < -0.4 is 10.2 Å². The fourth-order valence-corrected chi connectivity index (χ4v) is 4.42. The van der Waals surface area contributed by atoms with Crippen LogP contribution in [0.2, 0.25) is 5.28 Å². The van der Waals surface area contributed by atoms with Gasteiger partial charge < -0.3 is 14.8 Å². The van der Waals surface area contributed by atoms with Crippen molar-refractivity contribution in [1.82, 2.24) is 19.9 Å². The van der Waals surface area contributed by atoms with Crippen molar-refractivity contribution in [2.45, 2.75) is 78.7 Å². The van der Waals surface area contributed by atoms with Crippen LogP contribution in [0.5, 0.6) is 0 Å². The Kier molecular flexibility index (Phi) is 8.69. The Bertz CT molecular complexity index is 1250. The Balaban J connectivity index is 2.00. The zero-order chi connectivity index (χ0) is 27.5. The van der Waals surface area contributed by atoms with Crippen molar-refractivity contribution in [2.24, 2.45) is 0 Å². The van der Waals surface area contributed by atoms with Crippen molar-refractivity contribution >= 4 is 46.5 Å². The van der Waals surface area contributed by atoms with E-state index in [0.29, 0.717) is 16.8 Å². The highest BCUT2D eigenvalue weighted by Crippen LogP contribution is 2.29. The molecule has 0 spiro atoms. The largest absolute Gasteiger partial charge is 0.444 e. The molecule has 0 aromatic carbocycles. The quantitative estimate of drug-likeness (QED) is 0.379. The molecule has 202 valence electrons. The number of nitrogens with zero attached hydrogens (tertiary/aromatic N) is 4. The van der Waals surface area contributed by atoms with Crippen molar-refractivity contribution in [1.29, 1.82) is 0 Å². The Morgan fingerprint density at radius 1 is 1.22 bits per heavy atom. The number of hydrogen-bond donors (Lipinski definition) is 1. The van der Waals surface area contributed by atoms with E-state index in [9.17, 15) is 14.0 Å². The van der Waals surface area contributed by atoms with E-state index in [1.807, 2.05) is 17.5 Å². The molecule has 0 aliphatic heterocycles. The van der Waals surface area contributed by atoms with Crippen LogP contribution in [0.15, 0.2) is 23.6 Å². The summed E-state index contributed by atoms with van der Waals surface area (Å²) < 4.78 is 26.4. The number of carbonyl (C=O) groups excluding carboxylic acids is 2. The summed E-state index contributed by atoms with van der Waals surface area (Å²) >= 11 is 7.77. The van der Waals surface area contributed by atoms with Crippen LogP contribution in [0.3, 0.4) is 0 Å². The summed E-state index contributed by atoms with van der Waals surface area (Å²) in [7, 11) is 0. The molecule has 3 rings (SSSR count). The molecule has 2 amide bonds. The second kappa shape index (κ2) is 11.2. The van der Waals surface area contributed by atoms with Gasteiger partial charge in [0, 0.05) is 10.6 Å². The lowest BCUT2D eigenvalue weighted by Crippen LogP contribution is -2.41. The van der Waals surface area contributed by atoms with Gasteiger partial charge in [0.05, 0.1) is 12.6 Å². The summed E-state index contributed by atoms with van der Waals surface area (Å²) in [5.41, 5.74) is 0.430. The second-order valence-corrected chi connectivity index (χ2v) is 12.0. The van der Waals surface area contributed by atoms with Gasteiger partial charge >= 0.3 is 12.2 Å². The van der Waals surface area contributed by atoms with Gasteiger partial charge in [0.25, 0.3) is 0 Å². The molecule has 0 aliphatic rings. The van der Waals surface area contributed by atoms with Crippen LogP contribution >= 0.6 is 22.9 Å². The van der Waals surface area contributed by atoms with Gasteiger partial charge in [0.2, 0.25) is 5.28 Å². The average molecular weight is 554 g/mol. The maximum Gasteiger partial charge on any atom is 0.416 e. The lowest BCUT2D eigenvalue weighted by molar-refractivity contribution is 0.0494. The molecular formula is C25H33ClFN5O4S. The topological polar surface area (TPSA) is 98.1 Å². The van der Waals surface area contributed by atoms with Gasteiger partial charge in [0.15, 0.2) is 5.82 Å². The molecule has 0 unspecified atom stereocenters. The summed E-state index contributed by atoms with van der Waals surface area (Å²) in [6.45, 7) is 11.8. The fourth-order valence-electron chi connectivity index (χ4n) is 3.58. The van der Waals surface area contributed by atoms with Crippen LogP contribution in [0.4, 0.5) is 19.8 Å². The molecular weight excluding hydrogens is 521 g/mol. The third-order valence-corrected chi connectivity index (χ3v) is 6.09. The van der Waals surface area contributed by atoms with E-state index >= 15 is 0 Å². The number of carbonyl (C=O) groups is 2. The lowest BCUT2D eigenvalue weighted by Gasteiger charge is -2.27. The number of hydrogen-bond acceptors (Lipinski definition) is 7. The molecule has 1 N–H and O–H groups in total. The minimum atomic E-state index is -0.828. The van der Waals surface area contributed by atoms with Crippen LogP contribution in [0, 0.1) is 6.92 Å². The minimum Gasteiger partial charge on any atom is -0.444 e. The molecule has 37 heavy (non-hydrogen) atoms. The molecule has 12 heteroatoms. The lowest BCUT2D eigenvalue weighted by atomic mass is 10.1. The zero-order valence-electron chi connectivity index (χ0n) is 22.1. The highest BCUT2D eigenvalue weighted by atomic mass is 35.5. The van der Waals surface area contributed by atoms with E-state index in [2.05, 4.69) is 15.4 Å². The Morgan fingerprint density at radius 3 is 2.46 bits per heavy atom. The van der Waals surface area contributed by atoms with Crippen LogP contribution in [-0.4, -0.2) is 50.7 Å². The summed E-state index contributed by atoms with van der Waals surface area (Å²) in [5, 5.41) is 8.72. The van der Waals surface area contributed by atoms with Crippen molar-refractivity contribution in [2.75, 3.05) is 11.6 Å². The monoisotopic (exact) mass is 553 g/mol. The van der Waals surface area contributed by atoms with Crippen molar-refractivity contribution in [3.05, 3.63) is 45.0 Å². The van der Waals surface area contributed by atoms with Gasteiger partial charge in [-0.05, 0) is 89.6 Å². The fraction of sp³-hybridized carbons (Fsp3) is 0.520. The van der Waals surface area contributed by atoms with Gasteiger partial charge in [-0.15, -0.1) is 16.4 Å². The SMILES string of the molecule is Cc1c(C[C@H](CF)NC(=O)OC(C)(C)C)cc2c(N(Cc3cccs3)C(=O)OC(C)(C)C)nc(Cl)nn12. The van der Waals surface area contributed by atoms with Crippen molar-refractivity contribution < 1.29 is 23.5 Å². The van der Waals surface area contributed by atoms with Crippen LogP contribution in [0.25, 0.3) is 5.52 Å². The Labute approximate surface area is 224 Å². The van der Waals surface area contributed by atoms with E-state index in [1.54, 1.807) is 59.0 Å². The van der Waals surface area contributed by atoms with Gasteiger partial charge in [-0.3, -0.25) is 4.90 Å². The van der Waals surface area contributed by atoms with E-state index in [0.717, 1.165) is 4.88 Å². The van der Waals surface area contributed by atoms with E-state index in [1.165, 1.54) is 16.2 Å². The van der Waals surface area contributed by atoms with E-state index in [4.69, 9.17) is 21.1 Å². The van der Waals surface area contributed by atoms with Crippen LogP contribution in [0.1, 0.15) is 57.7 Å². The third-order valence-electron chi connectivity index (χ3n) is 5.07. The molecule has 3 aromatic heterocycles. The average Bonchev–Trinajstić information content (AvgIpc) is 3.37. The highest BCUT2D eigenvalue weighted by Gasteiger charge is 2.29. The summed E-state index contributed by atoms with van der Waals surface area (Å²) in [5.74, 6) is 0.258. The summed E-state index contributed by atoms with van der Waals surface area (Å²) in [4.78, 5) is 32.2. The maximum atomic E-state index is 13.9. The first-order valence-electron chi connectivity index (χ1n) is 11.8. The molecule has 0 radical (unpaired) electrons. The zero-order valence-corrected chi connectivity index (χ0v) is 23.7. The number of ether oxygens (including phenoxy) is 2. The number of anilines is 1. The van der Waals surface area contributed by atoms with Gasteiger partial charge in [-0.1, -0.05) is 6.07 Å². The number of aromatic nitrogens is 3.